The molecule has 4 aromatic rings. The van der Waals surface area contributed by atoms with Gasteiger partial charge in [0.05, 0.1) is 17.9 Å². The molecule has 1 aliphatic rings. The molecule has 0 saturated carbocycles. The lowest BCUT2D eigenvalue weighted by Gasteiger charge is -2.34. The van der Waals surface area contributed by atoms with Crippen molar-refractivity contribution < 1.29 is 9.53 Å². The minimum Gasteiger partial charge on any atom is -0.478 e. The number of thiazole rings is 1. The number of carbonyl (C=O) groups is 1. The highest BCUT2D eigenvalue weighted by Crippen LogP contribution is 2.40. The van der Waals surface area contributed by atoms with Crippen LogP contribution < -0.4 is 9.64 Å². The van der Waals surface area contributed by atoms with Crippen LogP contribution in [0.2, 0.25) is 0 Å². The zero-order chi connectivity index (χ0) is 24.6. The van der Waals surface area contributed by atoms with Crippen LogP contribution >= 0.6 is 11.3 Å². The van der Waals surface area contributed by atoms with Crippen molar-refractivity contribution in [2.45, 2.75) is 52.2 Å². The Balaban J connectivity index is 1.48. The molecular weight excluding hydrogens is 452 g/mol. The molecule has 5 rings (SSSR count). The summed E-state index contributed by atoms with van der Waals surface area (Å²) in [5.41, 5.74) is 6.24. The van der Waals surface area contributed by atoms with Crippen molar-refractivity contribution >= 4 is 22.9 Å². The molecule has 178 valence electrons. The fraction of sp³-hybridized carbons (Fsp3) is 0.267. The molecule has 0 saturated heterocycles. The molecule has 0 bridgehead atoms. The minimum absolute atomic E-state index is 0.000278. The summed E-state index contributed by atoms with van der Waals surface area (Å²) in [6.07, 6.45) is 0.164. The maximum Gasteiger partial charge on any atom is 0.268 e. The van der Waals surface area contributed by atoms with E-state index in [2.05, 4.69) is 62.5 Å². The highest BCUT2D eigenvalue weighted by molar-refractivity contribution is 7.13. The van der Waals surface area contributed by atoms with E-state index in [0.717, 1.165) is 38.8 Å². The highest BCUT2D eigenvalue weighted by Gasteiger charge is 2.33. The van der Waals surface area contributed by atoms with Gasteiger partial charge >= 0.3 is 0 Å². The maximum absolute atomic E-state index is 13.4. The first-order chi connectivity index (χ1) is 16.8. The molecule has 0 aliphatic carbocycles. The van der Waals surface area contributed by atoms with E-state index in [4.69, 9.17) is 9.72 Å². The second-order valence-electron chi connectivity index (χ2n) is 9.97. The summed E-state index contributed by atoms with van der Waals surface area (Å²) in [6.45, 7) is 9.11. The molecule has 1 aromatic heterocycles. The van der Waals surface area contributed by atoms with Crippen molar-refractivity contribution in [3.05, 3.63) is 89.3 Å². The molecule has 4 nitrogen and oxygen atoms in total. The number of anilines is 1. The van der Waals surface area contributed by atoms with Crippen molar-refractivity contribution in [1.29, 1.82) is 0 Å². The smallest absolute Gasteiger partial charge is 0.268 e. The lowest BCUT2D eigenvalue weighted by Crippen LogP contribution is -2.45. The molecule has 0 N–H and O–H groups in total. The fourth-order valence-electron chi connectivity index (χ4n) is 4.32. The third kappa shape index (κ3) is 4.73. The van der Waals surface area contributed by atoms with Crippen LogP contribution in [0, 0.1) is 0 Å². The Morgan fingerprint density at radius 1 is 0.971 bits per heavy atom. The van der Waals surface area contributed by atoms with E-state index in [1.54, 1.807) is 11.3 Å². The average Bonchev–Trinajstić information content (AvgIpc) is 3.36. The van der Waals surface area contributed by atoms with Gasteiger partial charge in [-0.05, 0) is 41.2 Å². The number of rotatable bonds is 5. The zero-order valence-electron chi connectivity index (χ0n) is 20.6. The molecule has 1 aliphatic heterocycles. The molecule has 1 atom stereocenters. The first-order valence-electron chi connectivity index (χ1n) is 12.1. The molecule has 3 aromatic carbocycles. The van der Waals surface area contributed by atoms with Crippen LogP contribution in [0.15, 0.2) is 78.2 Å². The van der Waals surface area contributed by atoms with Crippen molar-refractivity contribution in [2.75, 3.05) is 4.90 Å². The maximum atomic E-state index is 13.4. The van der Waals surface area contributed by atoms with E-state index in [0.29, 0.717) is 13.0 Å². The Morgan fingerprint density at radius 3 is 2.40 bits per heavy atom. The van der Waals surface area contributed by atoms with Crippen LogP contribution in [0.4, 0.5) is 5.69 Å². The summed E-state index contributed by atoms with van der Waals surface area (Å²) in [7, 11) is 0. The van der Waals surface area contributed by atoms with Crippen molar-refractivity contribution in [3.63, 3.8) is 0 Å². The second kappa shape index (κ2) is 9.31. The molecule has 35 heavy (non-hydrogen) atoms. The zero-order valence-corrected chi connectivity index (χ0v) is 21.4. The van der Waals surface area contributed by atoms with Gasteiger partial charge in [0, 0.05) is 16.5 Å². The van der Waals surface area contributed by atoms with E-state index < -0.39 is 6.10 Å². The third-order valence-corrected chi connectivity index (χ3v) is 7.30. The predicted molar refractivity (Wildman–Crippen MR) is 144 cm³/mol. The number of ether oxygens (including phenoxy) is 1. The van der Waals surface area contributed by atoms with Crippen LogP contribution in [0.5, 0.6) is 5.75 Å². The largest absolute Gasteiger partial charge is 0.478 e. The molecule has 0 fully saturated rings. The molecule has 2 heterocycles. The topological polar surface area (TPSA) is 42.4 Å². The number of fused-ring (bicyclic) bond motifs is 1. The van der Waals surface area contributed by atoms with Gasteiger partial charge in [0.1, 0.15) is 10.8 Å². The number of aromatic nitrogens is 1. The molecule has 0 spiro atoms. The lowest BCUT2D eigenvalue weighted by molar-refractivity contribution is -0.126. The number of nitrogens with zero attached hydrogens (tertiary/aromatic N) is 2. The standard InChI is InChI=1S/C30H30N2O2S/c1-5-26-29(33)32(18-20-11-14-23(15-12-20)30(2,3)4)25-17-22(13-16-27(25)34-26)24-19-35-28(31-24)21-9-7-6-8-10-21/h6-17,19,26H,5,18H2,1-4H3. The number of hydrogen-bond donors (Lipinski definition) is 0. The molecule has 5 heteroatoms. The van der Waals surface area contributed by atoms with Gasteiger partial charge in [-0.25, -0.2) is 4.98 Å². The third-order valence-electron chi connectivity index (χ3n) is 6.41. The van der Waals surface area contributed by atoms with Crippen LogP contribution in [0.1, 0.15) is 45.2 Å². The first kappa shape index (κ1) is 23.3. The van der Waals surface area contributed by atoms with Crippen LogP contribution in [-0.4, -0.2) is 17.0 Å². The van der Waals surface area contributed by atoms with Gasteiger partial charge in [-0.1, -0.05) is 82.3 Å². The molecule has 1 unspecified atom stereocenters. The summed E-state index contributed by atoms with van der Waals surface area (Å²) in [5.74, 6) is 0.741. The first-order valence-corrected chi connectivity index (χ1v) is 12.9. The van der Waals surface area contributed by atoms with Gasteiger partial charge in [-0.15, -0.1) is 11.3 Å². The number of benzene rings is 3. The van der Waals surface area contributed by atoms with Gasteiger partial charge in [0.25, 0.3) is 5.91 Å². The van der Waals surface area contributed by atoms with Gasteiger partial charge in [0.15, 0.2) is 6.10 Å². The summed E-state index contributed by atoms with van der Waals surface area (Å²) in [6, 6.07) is 24.8. The van der Waals surface area contributed by atoms with Crippen LogP contribution in [-0.2, 0) is 16.8 Å². The second-order valence-corrected chi connectivity index (χ2v) is 10.8. The highest BCUT2D eigenvalue weighted by atomic mass is 32.1. The monoisotopic (exact) mass is 482 g/mol. The Morgan fingerprint density at radius 2 is 1.71 bits per heavy atom. The van der Waals surface area contributed by atoms with Gasteiger partial charge < -0.3 is 9.64 Å². The predicted octanol–water partition coefficient (Wildman–Crippen LogP) is 7.48. The average molecular weight is 483 g/mol. The SMILES string of the molecule is CCC1Oc2ccc(-c3csc(-c4ccccc4)n3)cc2N(Cc2ccc(C(C)(C)C)cc2)C1=O. The normalized spacial score (nSPS) is 15.6. The summed E-state index contributed by atoms with van der Waals surface area (Å²) < 4.78 is 6.08. The molecule has 0 radical (unpaired) electrons. The number of hydrogen-bond acceptors (Lipinski definition) is 4. The van der Waals surface area contributed by atoms with Gasteiger partial charge in [0.2, 0.25) is 0 Å². The quantitative estimate of drug-likeness (QED) is 0.296. The molecule has 1 amide bonds. The van der Waals surface area contributed by atoms with Crippen molar-refractivity contribution in [2.24, 2.45) is 0 Å². The fourth-order valence-corrected chi connectivity index (χ4v) is 5.15. The minimum atomic E-state index is -0.467. The van der Waals surface area contributed by atoms with E-state index in [9.17, 15) is 4.79 Å². The Hall–Kier alpha value is -3.44. The van der Waals surface area contributed by atoms with Crippen molar-refractivity contribution in [1.82, 2.24) is 4.98 Å². The van der Waals surface area contributed by atoms with Gasteiger partial charge in [-0.2, -0.15) is 0 Å². The number of amides is 1. The summed E-state index contributed by atoms with van der Waals surface area (Å²) >= 11 is 1.62. The Kier molecular flexibility index (Phi) is 6.20. The lowest BCUT2D eigenvalue weighted by atomic mass is 9.86. The summed E-state index contributed by atoms with van der Waals surface area (Å²) in [5, 5.41) is 3.05. The number of carbonyl (C=O) groups excluding carboxylic acids is 1. The molecular formula is C30H30N2O2S. The van der Waals surface area contributed by atoms with Crippen molar-refractivity contribution in [3.8, 4) is 27.6 Å². The van der Waals surface area contributed by atoms with E-state index in [1.807, 2.05) is 48.2 Å². The Labute approximate surface area is 211 Å². The Bertz CT molecular complexity index is 1340. The summed E-state index contributed by atoms with van der Waals surface area (Å²) in [4.78, 5) is 20.1. The van der Waals surface area contributed by atoms with Crippen LogP contribution in [0.25, 0.3) is 21.8 Å². The van der Waals surface area contributed by atoms with E-state index in [1.165, 1.54) is 5.56 Å². The van der Waals surface area contributed by atoms with Crippen LogP contribution in [0.3, 0.4) is 0 Å². The van der Waals surface area contributed by atoms with E-state index in [-0.39, 0.29) is 11.3 Å². The van der Waals surface area contributed by atoms with Gasteiger partial charge in [-0.3, -0.25) is 4.79 Å². The van der Waals surface area contributed by atoms with E-state index >= 15 is 0 Å².